The molecular weight excluding hydrogens is 477 g/mol. The zero-order valence-electron chi connectivity index (χ0n) is 24.4. The van der Waals surface area contributed by atoms with E-state index in [0.717, 1.165) is 77.9 Å². The van der Waals surface area contributed by atoms with E-state index in [2.05, 4.69) is 44.4 Å². The Bertz CT molecular complexity index is 779. The van der Waals surface area contributed by atoms with Crippen molar-refractivity contribution in [2.45, 2.75) is 165 Å². The second-order valence-electron chi connectivity index (χ2n) is 14.5. The molecule has 3 saturated carbocycles. The van der Waals surface area contributed by atoms with Crippen molar-refractivity contribution in [3.8, 4) is 0 Å². The summed E-state index contributed by atoms with van der Waals surface area (Å²) in [5, 5.41) is 1.79. The van der Waals surface area contributed by atoms with Crippen LogP contribution in [0.25, 0.3) is 0 Å². The van der Waals surface area contributed by atoms with Crippen LogP contribution >= 0.6 is 11.8 Å². The quantitative estimate of drug-likeness (QED) is 0.261. The molecule has 3 saturated heterocycles. The Hall–Kier alpha value is 0.200. The van der Waals surface area contributed by atoms with Gasteiger partial charge in [-0.15, -0.1) is 0 Å². The summed E-state index contributed by atoms with van der Waals surface area (Å²) in [5.74, 6) is 4.17. The Morgan fingerprint density at radius 2 is 1.81 bits per heavy atom. The SMILES string of the molecule is CCCC(C)C1CCC2C(C3CC24CC(C2OC2CCCC(C)C2CCCCC(F)CC2)C4S3)N1CC. The second kappa shape index (κ2) is 11.2. The monoisotopic (exact) mass is 533 g/mol. The molecule has 2 bridgehead atoms. The van der Waals surface area contributed by atoms with Gasteiger partial charge in [0.2, 0.25) is 0 Å². The summed E-state index contributed by atoms with van der Waals surface area (Å²) in [5.41, 5.74) is 0.661. The highest BCUT2D eigenvalue weighted by Crippen LogP contribution is 2.76. The summed E-state index contributed by atoms with van der Waals surface area (Å²) in [6, 6.07) is 1.69. The van der Waals surface area contributed by atoms with Crippen LogP contribution < -0.4 is 0 Å². The minimum absolute atomic E-state index is 0.537. The summed E-state index contributed by atoms with van der Waals surface area (Å²) in [6.45, 7) is 11.0. The lowest BCUT2D eigenvalue weighted by Gasteiger charge is -2.61. The normalized spacial score (nSPS) is 48.9. The van der Waals surface area contributed by atoms with Crippen molar-refractivity contribution in [1.82, 2.24) is 4.90 Å². The van der Waals surface area contributed by atoms with Crippen LogP contribution in [0.3, 0.4) is 0 Å². The highest BCUT2D eigenvalue weighted by molar-refractivity contribution is 8.01. The summed E-state index contributed by atoms with van der Waals surface area (Å²) in [7, 11) is 0. The van der Waals surface area contributed by atoms with Crippen LogP contribution in [-0.4, -0.2) is 52.4 Å². The molecule has 0 aromatic heterocycles. The lowest BCUT2D eigenvalue weighted by atomic mass is 9.53. The van der Waals surface area contributed by atoms with Crippen LogP contribution in [0, 0.1) is 35.0 Å². The number of alkyl halides is 1. The number of halogens is 1. The van der Waals surface area contributed by atoms with Crippen LogP contribution in [0.15, 0.2) is 0 Å². The van der Waals surface area contributed by atoms with E-state index in [0.29, 0.717) is 17.6 Å². The standard InChI is InChI=1S/C33H56FNOS/c1-5-10-22(4)27-18-17-26-30(35(27)6-2)29-20-33(26)19-25(32(33)37-29)31-28(36-31)14-9-11-21(3)23-12-7-8-13-24(34)16-15-23/h21-32H,5-20H2,1-4H3. The summed E-state index contributed by atoms with van der Waals surface area (Å²) < 4.78 is 20.3. The fourth-order valence-electron chi connectivity index (χ4n) is 10.6. The zero-order valence-corrected chi connectivity index (χ0v) is 25.2. The van der Waals surface area contributed by atoms with Crippen molar-refractivity contribution in [2.75, 3.05) is 6.54 Å². The topological polar surface area (TPSA) is 15.8 Å². The summed E-state index contributed by atoms with van der Waals surface area (Å²) >= 11 is 2.41. The van der Waals surface area contributed by atoms with Gasteiger partial charge in [-0.2, -0.15) is 11.8 Å². The highest BCUT2D eigenvalue weighted by Gasteiger charge is 2.74. The maximum absolute atomic E-state index is 13.9. The molecule has 13 unspecified atom stereocenters. The van der Waals surface area contributed by atoms with Gasteiger partial charge >= 0.3 is 0 Å². The van der Waals surface area contributed by atoms with Gasteiger partial charge < -0.3 is 4.74 Å². The summed E-state index contributed by atoms with van der Waals surface area (Å²) in [6.07, 6.45) is 19.5. The molecule has 13 atom stereocenters. The fraction of sp³-hybridized carbons (Fsp3) is 1.00. The largest absolute Gasteiger partial charge is 0.369 e. The van der Waals surface area contributed by atoms with Gasteiger partial charge in [0.15, 0.2) is 0 Å². The third-order valence-corrected chi connectivity index (χ3v) is 14.5. The number of piperidine rings is 1. The van der Waals surface area contributed by atoms with Crippen LogP contribution in [0.1, 0.15) is 124 Å². The third kappa shape index (κ3) is 4.98. The van der Waals surface area contributed by atoms with E-state index in [9.17, 15) is 4.39 Å². The molecular formula is C33H56FNOS. The Morgan fingerprint density at radius 3 is 2.62 bits per heavy atom. The Balaban J connectivity index is 0.972. The maximum Gasteiger partial charge on any atom is 0.100 e. The minimum atomic E-state index is -0.537. The van der Waals surface area contributed by atoms with Crippen molar-refractivity contribution in [2.24, 2.45) is 35.0 Å². The number of hydrogen-bond donors (Lipinski definition) is 0. The van der Waals surface area contributed by atoms with E-state index in [1.807, 2.05) is 0 Å². The van der Waals surface area contributed by atoms with Crippen molar-refractivity contribution in [1.29, 1.82) is 0 Å². The number of epoxide rings is 1. The van der Waals surface area contributed by atoms with Gasteiger partial charge in [0.25, 0.3) is 0 Å². The molecule has 4 heteroatoms. The molecule has 0 amide bonds. The molecule has 0 radical (unpaired) electrons. The van der Waals surface area contributed by atoms with Crippen molar-refractivity contribution in [3.05, 3.63) is 0 Å². The molecule has 0 N–H and O–H groups in total. The molecule has 212 valence electrons. The van der Waals surface area contributed by atoms with Gasteiger partial charge in [-0.1, -0.05) is 66.2 Å². The van der Waals surface area contributed by atoms with Crippen LogP contribution in [-0.2, 0) is 4.74 Å². The average Bonchev–Trinajstić information content (AvgIpc) is 3.45. The van der Waals surface area contributed by atoms with Crippen LogP contribution in [0.5, 0.6) is 0 Å². The third-order valence-electron chi connectivity index (χ3n) is 12.5. The minimum Gasteiger partial charge on any atom is -0.369 e. The molecule has 3 heterocycles. The number of fused-ring (bicyclic) bond motifs is 3. The van der Waals surface area contributed by atoms with Gasteiger partial charge in [0.1, 0.15) is 6.17 Å². The fourth-order valence-corrected chi connectivity index (χ4v) is 13.0. The molecule has 3 aliphatic carbocycles. The van der Waals surface area contributed by atoms with Crippen molar-refractivity contribution in [3.63, 3.8) is 0 Å². The number of ether oxygens (including phenoxy) is 1. The molecule has 6 fully saturated rings. The van der Waals surface area contributed by atoms with Crippen molar-refractivity contribution < 1.29 is 9.13 Å². The molecule has 3 aliphatic heterocycles. The van der Waals surface area contributed by atoms with Crippen LogP contribution in [0.2, 0.25) is 0 Å². The summed E-state index contributed by atoms with van der Waals surface area (Å²) in [4.78, 5) is 2.99. The molecule has 0 aromatic rings. The first kappa shape index (κ1) is 27.4. The first-order valence-corrected chi connectivity index (χ1v) is 17.6. The van der Waals surface area contributed by atoms with E-state index in [1.54, 1.807) is 0 Å². The smallest absolute Gasteiger partial charge is 0.100 e. The number of hydrogen-bond acceptors (Lipinski definition) is 3. The number of likely N-dealkylation sites (tertiary alicyclic amines) is 1. The first-order valence-electron chi connectivity index (χ1n) is 16.7. The van der Waals surface area contributed by atoms with Gasteiger partial charge in [0.05, 0.1) is 12.2 Å². The number of nitrogens with zero attached hydrogens (tertiary/aromatic N) is 1. The lowest BCUT2D eigenvalue weighted by Crippen LogP contribution is -2.63. The molecule has 0 aromatic carbocycles. The van der Waals surface area contributed by atoms with Crippen molar-refractivity contribution >= 4 is 11.8 Å². The number of rotatable bonds is 10. The van der Waals surface area contributed by atoms with E-state index >= 15 is 0 Å². The number of thioether (sulfide) groups is 1. The first-order chi connectivity index (χ1) is 18.0. The predicted molar refractivity (Wildman–Crippen MR) is 155 cm³/mol. The van der Waals surface area contributed by atoms with E-state index in [4.69, 9.17) is 4.74 Å². The molecule has 2 nitrogen and oxygen atoms in total. The maximum atomic E-state index is 13.9. The van der Waals surface area contributed by atoms with E-state index < -0.39 is 6.17 Å². The molecule has 6 rings (SSSR count). The predicted octanol–water partition coefficient (Wildman–Crippen LogP) is 8.67. The zero-order chi connectivity index (χ0) is 25.7. The van der Waals surface area contributed by atoms with Gasteiger partial charge in [-0.25, -0.2) is 4.39 Å². The average molecular weight is 534 g/mol. The van der Waals surface area contributed by atoms with Gasteiger partial charge in [0, 0.05) is 28.5 Å². The molecule has 6 aliphatic rings. The molecule has 1 spiro atoms. The second-order valence-corrected chi connectivity index (χ2v) is 15.9. The van der Waals surface area contributed by atoms with Gasteiger partial charge in [-0.05, 0) is 93.4 Å². The van der Waals surface area contributed by atoms with Gasteiger partial charge in [-0.3, -0.25) is 4.90 Å². The molecule has 37 heavy (non-hydrogen) atoms. The highest BCUT2D eigenvalue weighted by atomic mass is 32.2. The van der Waals surface area contributed by atoms with E-state index in [-0.39, 0.29) is 0 Å². The Labute approximate surface area is 232 Å². The Morgan fingerprint density at radius 1 is 0.973 bits per heavy atom. The van der Waals surface area contributed by atoms with E-state index in [1.165, 1.54) is 77.2 Å². The lowest BCUT2D eigenvalue weighted by molar-refractivity contribution is -0.0547. The Kier molecular flexibility index (Phi) is 8.31. The van der Waals surface area contributed by atoms with Crippen LogP contribution in [0.4, 0.5) is 4.39 Å².